The van der Waals surface area contributed by atoms with Gasteiger partial charge in [0.05, 0.1) is 19.2 Å². The molecule has 0 unspecified atom stereocenters. The highest BCUT2D eigenvalue weighted by Gasteiger charge is 2.50. The number of hydrogen-bond donors (Lipinski definition) is 1. The van der Waals surface area contributed by atoms with Crippen molar-refractivity contribution < 1.29 is 14.2 Å². The molecule has 0 aliphatic carbocycles. The third-order valence-electron chi connectivity index (χ3n) is 6.78. The number of nitrogens with zero attached hydrogens (tertiary/aromatic N) is 1. The van der Waals surface area contributed by atoms with E-state index in [1.54, 1.807) is 7.11 Å². The first-order valence-electron chi connectivity index (χ1n) is 12.7. The Bertz CT molecular complexity index is 1020. The zero-order valence-corrected chi connectivity index (χ0v) is 21.2. The van der Waals surface area contributed by atoms with Crippen molar-refractivity contribution in [2.75, 3.05) is 26.9 Å². The fourth-order valence-corrected chi connectivity index (χ4v) is 5.28. The van der Waals surface area contributed by atoms with Crippen LogP contribution < -0.4 is 10.1 Å². The first-order chi connectivity index (χ1) is 17.2. The summed E-state index contributed by atoms with van der Waals surface area (Å²) in [6.45, 7) is 7.67. The zero-order chi connectivity index (χ0) is 24.5. The standard InChI is InChI=1S/C30H38N2O3/c1-4-34-30(35-5-2)20-21-32(23-24-14-8-6-9-15-24)28(25-16-10-7-11-17-25)29(30)31-22-26-18-12-13-19-27(26)33-3/h6-19,28-29,31H,4-5,20-23H2,1-3H3/t28-,29+/m1/s1. The monoisotopic (exact) mass is 474 g/mol. The lowest BCUT2D eigenvalue weighted by Crippen LogP contribution is -2.64. The predicted molar refractivity (Wildman–Crippen MR) is 140 cm³/mol. The average Bonchev–Trinajstić information content (AvgIpc) is 2.90. The summed E-state index contributed by atoms with van der Waals surface area (Å²) < 4.78 is 18.6. The maximum atomic E-state index is 6.48. The van der Waals surface area contributed by atoms with Crippen LogP contribution in [-0.2, 0) is 22.6 Å². The molecule has 3 aromatic rings. The van der Waals surface area contributed by atoms with Crippen LogP contribution in [0.15, 0.2) is 84.9 Å². The third-order valence-corrected chi connectivity index (χ3v) is 6.78. The van der Waals surface area contributed by atoms with E-state index in [9.17, 15) is 0 Å². The van der Waals surface area contributed by atoms with Crippen LogP contribution in [0.1, 0.15) is 43.0 Å². The summed E-state index contributed by atoms with van der Waals surface area (Å²) in [5.41, 5.74) is 3.67. The Morgan fingerprint density at radius 1 is 0.857 bits per heavy atom. The molecular formula is C30H38N2O3. The van der Waals surface area contributed by atoms with Crippen LogP contribution in [0.3, 0.4) is 0 Å². The molecule has 2 atom stereocenters. The van der Waals surface area contributed by atoms with Crippen LogP contribution in [-0.4, -0.2) is 43.6 Å². The lowest BCUT2D eigenvalue weighted by Gasteiger charge is -2.52. The summed E-state index contributed by atoms with van der Waals surface area (Å²) in [5.74, 6) is 0.158. The average molecular weight is 475 g/mol. The molecule has 4 rings (SSSR count). The molecule has 1 heterocycles. The van der Waals surface area contributed by atoms with E-state index in [2.05, 4.69) is 83.0 Å². The van der Waals surface area contributed by atoms with Gasteiger partial charge in [-0.25, -0.2) is 0 Å². The van der Waals surface area contributed by atoms with Crippen molar-refractivity contribution in [3.8, 4) is 5.75 Å². The molecule has 0 saturated carbocycles. The van der Waals surface area contributed by atoms with Gasteiger partial charge in [-0.1, -0.05) is 78.9 Å². The SMILES string of the molecule is CCOC1(OCC)CCN(Cc2ccccc2)[C@H](c2ccccc2)[C@@H]1NCc1ccccc1OC. The number of rotatable bonds is 11. The van der Waals surface area contributed by atoms with Gasteiger partial charge in [-0.15, -0.1) is 0 Å². The lowest BCUT2D eigenvalue weighted by molar-refractivity contribution is -0.278. The molecule has 1 saturated heterocycles. The molecule has 1 fully saturated rings. The van der Waals surface area contributed by atoms with E-state index in [4.69, 9.17) is 14.2 Å². The van der Waals surface area contributed by atoms with Crippen molar-refractivity contribution in [3.63, 3.8) is 0 Å². The molecule has 5 nitrogen and oxygen atoms in total. The summed E-state index contributed by atoms with van der Waals surface area (Å²) in [4.78, 5) is 2.56. The molecule has 1 aliphatic rings. The number of ether oxygens (including phenoxy) is 3. The van der Waals surface area contributed by atoms with Crippen LogP contribution in [0.2, 0.25) is 0 Å². The van der Waals surface area contributed by atoms with Gasteiger partial charge in [0.15, 0.2) is 5.79 Å². The quantitative estimate of drug-likeness (QED) is 0.368. The summed E-state index contributed by atoms with van der Waals surface area (Å²) in [6, 6.07) is 29.6. The van der Waals surface area contributed by atoms with Crippen LogP contribution in [0.25, 0.3) is 0 Å². The van der Waals surface area contributed by atoms with E-state index in [1.165, 1.54) is 11.1 Å². The van der Waals surface area contributed by atoms with Crippen molar-refractivity contribution in [2.45, 2.75) is 51.2 Å². The fraction of sp³-hybridized carbons (Fsp3) is 0.400. The molecule has 0 aromatic heterocycles. The maximum Gasteiger partial charge on any atom is 0.186 e. The van der Waals surface area contributed by atoms with Gasteiger partial charge >= 0.3 is 0 Å². The second kappa shape index (κ2) is 12.3. The van der Waals surface area contributed by atoms with Crippen molar-refractivity contribution in [2.24, 2.45) is 0 Å². The van der Waals surface area contributed by atoms with Gasteiger partial charge in [0.1, 0.15) is 5.75 Å². The Balaban J connectivity index is 1.73. The molecule has 0 spiro atoms. The number of methoxy groups -OCH3 is 1. The number of hydrogen-bond acceptors (Lipinski definition) is 5. The highest BCUT2D eigenvalue weighted by Crippen LogP contribution is 2.41. The molecule has 0 radical (unpaired) electrons. The highest BCUT2D eigenvalue weighted by atomic mass is 16.7. The first kappa shape index (κ1) is 25.4. The van der Waals surface area contributed by atoms with E-state index in [1.807, 2.05) is 26.0 Å². The minimum Gasteiger partial charge on any atom is -0.496 e. The van der Waals surface area contributed by atoms with Gasteiger partial charge in [0.2, 0.25) is 0 Å². The molecule has 1 N–H and O–H groups in total. The Kier molecular flexibility index (Phi) is 8.94. The number of para-hydroxylation sites is 1. The molecular weight excluding hydrogens is 436 g/mol. The van der Waals surface area contributed by atoms with Gasteiger partial charge < -0.3 is 19.5 Å². The van der Waals surface area contributed by atoms with Gasteiger partial charge in [-0.2, -0.15) is 0 Å². The van der Waals surface area contributed by atoms with Crippen molar-refractivity contribution in [1.29, 1.82) is 0 Å². The first-order valence-corrected chi connectivity index (χ1v) is 12.7. The summed E-state index contributed by atoms with van der Waals surface area (Å²) >= 11 is 0. The molecule has 35 heavy (non-hydrogen) atoms. The van der Waals surface area contributed by atoms with Crippen molar-refractivity contribution in [3.05, 3.63) is 102 Å². The molecule has 5 heteroatoms. The molecule has 1 aliphatic heterocycles. The van der Waals surface area contributed by atoms with Gasteiger partial charge in [0, 0.05) is 44.8 Å². The molecule has 0 amide bonds. The van der Waals surface area contributed by atoms with Gasteiger partial charge in [0.25, 0.3) is 0 Å². The number of likely N-dealkylation sites (tertiary alicyclic amines) is 1. The number of piperidine rings is 1. The van der Waals surface area contributed by atoms with Crippen LogP contribution >= 0.6 is 0 Å². The van der Waals surface area contributed by atoms with E-state index in [0.29, 0.717) is 19.8 Å². The van der Waals surface area contributed by atoms with Crippen LogP contribution in [0.4, 0.5) is 0 Å². The van der Waals surface area contributed by atoms with E-state index < -0.39 is 5.79 Å². The predicted octanol–water partition coefficient (Wildman–Crippen LogP) is 5.57. The van der Waals surface area contributed by atoms with Crippen LogP contribution in [0, 0.1) is 0 Å². The smallest absolute Gasteiger partial charge is 0.186 e. The minimum atomic E-state index is -0.723. The summed E-state index contributed by atoms with van der Waals surface area (Å²) in [7, 11) is 1.72. The van der Waals surface area contributed by atoms with E-state index in [0.717, 1.165) is 30.8 Å². The summed E-state index contributed by atoms with van der Waals surface area (Å²) in [5, 5.41) is 3.87. The maximum absolute atomic E-state index is 6.48. The largest absolute Gasteiger partial charge is 0.496 e. The Hall–Kier alpha value is -2.70. The van der Waals surface area contributed by atoms with Gasteiger partial charge in [-0.3, -0.25) is 4.90 Å². The molecule has 0 bridgehead atoms. The van der Waals surface area contributed by atoms with Gasteiger partial charge in [-0.05, 0) is 31.0 Å². The highest BCUT2D eigenvalue weighted by molar-refractivity contribution is 5.33. The Morgan fingerprint density at radius 2 is 1.49 bits per heavy atom. The fourth-order valence-electron chi connectivity index (χ4n) is 5.28. The van der Waals surface area contributed by atoms with E-state index >= 15 is 0 Å². The third kappa shape index (κ3) is 5.93. The minimum absolute atomic E-state index is 0.0676. The topological polar surface area (TPSA) is 43.0 Å². The van der Waals surface area contributed by atoms with E-state index in [-0.39, 0.29) is 12.1 Å². The second-order valence-corrected chi connectivity index (χ2v) is 8.91. The van der Waals surface area contributed by atoms with Crippen LogP contribution in [0.5, 0.6) is 5.75 Å². The number of nitrogens with one attached hydrogen (secondary N) is 1. The normalized spacial score (nSPS) is 20.0. The van der Waals surface area contributed by atoms with Crippen molar-refractivity contribution in [1.82, 2.24) is 10.2 Å². The lowest BCUT2D eigenvalue weighted by atomic mass is 9.84. The van der Waals surface area contributed by atoms with Crippen molar-refractivity contribution >= 4 is 0 Å². The summed E-state index contributed by atoms with van der Waals surface area (Å²) in [6.07, 6.45) is 0.786. The molecule has 186 valence electrons. The Morgan fingerprint density at radius 3 is 2.14 bits per heavy atom. The molecule has 3 aromatic carbocycles. The number of benzene rings is 3. The zero-order valence-electron chi connectivity index (χ0n) is 21.2. The second-order valence-electron chi connectivity index (χ2n) is 8.91. The Labute approximate surface area is 210 Å².